The van der Waals surface area contributed by atoms with Crippen molar-refractivity contribution in [3.63, 3.8) is 0 Å². The standard InChI is InChI=1S/C21H22N2O2S/c1-25-19-10-6-5-9-17(19)13-14-22-20(24)11-12-21-23-18(15-26-21)16-7-3-2-4-8-16/h2-10,15H,11-14H2,1H3,(H,22,24). The Bertz CT molecular complexity index is 846. The van der Waals surface area contributed by atoms with Crippen molar-refractivity contribution in [2.75, 3.05) is 13.7 Å². The number of aromatic nitrogens is 1. The van der Waals surface area contributed by atoms with Crippen LogP contribution in [0.15, 0.2) is 60.0 Å². The van der Waals surface area contributed by atoms with Crippen molar-refractivity contribution in [3.8, 4) is 17.0 Å². The number of amides is 1. The zero-order valence-electron chi connectivity index (χ0n) is 14.8. The van der Waals surface area contributed by atoms with E-state index in [0.29, 0.717) is 19.4 Å². The molecule has 0 atom stereocenters. The third-order valence-corrected chi connectivity index (χ3v) is 5.00. The van der Waals surface area contributed by atoms with Crippen molar-refractivity contribution in [3.05, 3.63) is 70.5 Å². The average molecular weight is 366 g/mol. The van der Waals surface area contributed by atoms with Crippen molar-refractivity contribution in [2.45, 2.75) is 19.3 Å². The van der Waals surface area contributed by atoms with Crippen LogP contribution >= 0.6 is 11.3 Å². The molecule has 0 spiro atoms. The summed E-state index contributed by atoms with van der Waals surface area (Å²) in [7, 11) is 1.66. The van der Waals surface area contributed by atoms with E-state index in [1.807, 2.05) is 60.0 Å². The van der Waals surface area contributed by atoms with E-state index in [1.54, 1.807) is 18.4 Å². The fourth-order valence-corrected chi connectivity index (χ4v) is 3.53. The van der Waals surface area contributed by atoms with Crippen LogP contribution in [0, 0.1) is 0 Å². The maximum Gasteiger partial charge on any atom is 0.220 e. The van der Waals surface area contributed by atoms with Gasteiger partial charge in [0.05, 0.1) is 17.8 Å². The number of methoxy groups -OCH3 is 1. The molecule has 3 aromatic rings. The van der Waals surface area contributed by atoms with Gasteiger partial charge >= 0.3 is 0 Å². The number of nitrogens with one attached hydrogen (secondary N) is 1. The van der Waals surface area contributed by atoms with E-state index in [0.717, 1.165) is 34.0 Å². The Morgan fingerprint density at radius 1 is 1.08 bits per heavy atom. The van der Waals surface area contributed by atoms with E-state index in [4.69, 9.17) is 4.74 Å². The summed E-state index contributed by atoms with van der Waals surface area (Å²) >= 11 is 1.60. The second-order valence-corrected chi connectivity index (χ2v) is 6.85. The summed E-state index contributed by atoms with van der Waals surface area (Å²) < 4.78 is 5.33. The summed E-state index contributed by atoms with van der Waals surface area (Å²) in [6.07, 6.45) is 1.87. The molecule has 3 rings (SSSR count). The SMILES string of the molecule is COc1ccccc1CCNC(=O)CCc1nc(-c2ccccc2)cs1. The van der Waals surface area contributed by atoms with Crippen LogP contribution in [0.25, 0.3) is 11.3 Å². The van der Waals surface area contributed by atoms with Gasteiger partial charge in [0.25, 0.3) is 0 Å². The van der Waals surface area contributed by atoms with Crippen LogP contribution in [0.5, 0.6) is 5.75 Å². The molecule has 0 unspecified atom stereocenters. The first kappa shape index (κ1) is 18.1. The molecular weight excluding hydrogens is 344 g/mol. The first-order valence-electron chi connectivity index (χ1n) is 8.64. The predicted octanol–water partition coefficient (Wildman–Crippen LogP) is 4.11. The fourth-order valence-electron chi connectivity index (χ4n) is 2.72. The van der Waals surface area contributed by atoms with Gasteiger partial charge in [0.1, 0.15) is 5.75 Å². The minimum Gasteiger partial charge on any atom is -0.496 e. The summed E-state index contributed by atoms with van der Waals surface area (Å²) in [5.41, 5.74) is 3.18. The summed E-state index contributed by atoms with van der Waals surface area (Å²) in [6.45, 7) is 0.604. The quantitative estimate of drug-likeness (QED) is 0.653. The lowest BCUT2D eigenvalue weighted by Gasteiger charge is -2.08. The Hall–Kier alpha value is -2.66. The first-order chi connectivity index (χ1) is 12.8. The normalized spacial score (nSPS) is 10.5. The Kier molecular flexibility index (Phi) is 6.39. The molecule has 0 aliphatic rings. The van der Waals surface area contributed by atoms with Crippen LogP contribution < -0.4 is 10.1 Å². The number of ether oxygens (including phenoxy) is 1. The lowest BCUT2D eigenvalue weighted by molar-refractivity contribution is -0.121. The van der Waals surface area contributed by atoms with E-state index in [1.165, 1.54) is 0 Å². The van der Waals surface area contributed by atoms with Crippen LogP contribution in [0.3, 0.4) is 0 Å². The highest BCUT2D eigenvalue weighted by Gasteiger charge is 2.08. The van der Waals surface area contributed by atoms with Crippen LogP contribution in [-0.2, 0) is 17.6 Å². The first-order valence-corrected chi connectivity index (χ1v) is 9.52. The zero-order chi connectivity index (χ0) is 18.2. The van der Waals surface area contributed by atoms with Gasteiger partial charge in [0.15, 0.2) is 0 Å². The lowest BCUT2D eigenvalue weighted by atomic mass is 10.1. The maximum atomic E-state index is 12.1. The van der Waals surface area contributed by atoms with Crippen LogP contribution in [-0.4, -0.2) is 24.5 Å². The molecule has 26 heavy (non-hydrogen) atoms. The molecule has 0 aliphatic carbocycles. The number of carbonyl (C=O) groups excluding carboxylic acids is 1. The van der Waals surface area contributed by atoms with Crippen LogP contribution in [0.4, 0.5) is 0 Å². The second-order valence-electron chi connectivity index (χ2n) is 5.90. The molecule has 0 saturated heterocycles. The topological polar surface area (TPSA) is 51.2 Å². The van der Waals surface area contributed by atoms with Gasteiger partial charge in [-0.1, -0.05) is 48.5 Å². The Morgan fingerprint density at radius 2 is 1.85 bits per heavy atom. The smallest absolute Gasteiger partial charge is 0.220 e. The van der Waals surface area contributed by atoms with Gasteiger partial charge in [-0.3, -0.25) is 4.79 Å². The molecule has 1 amide bonds. The monoisotopic (exact) mass is 366 g/mol. The highest BCUT2D eigenvalue weighted by atomic mass is 32.1. The third-order valence-electron chi connectivity index (χ3n) is 4.10. The molecule has 0 fully saturated rings. The Morgan fingerprint density at radius 3 is 2.65 bits per heavy atom. The highest BCUT2D eigenvalue weighted by Crippen LogP contribution is 2.22. The lowest BCUT2D eigenvalue weighted by Crippen LogP contribution is -2.25. The largest absolute Gasteiger partial charge is 0.496 e. The van der Waals surface area contributed by atoms with Gasteiger partial charge in [-0.15, -0.1) is 11.3 Å². The number of hydrogen-bond acceptors (Lipinski definition) is 4. The van der Waals surface area contributed by atoms with Gasteiger partial charge in [-0.2, -0.15) is 0 Å². The molecule has 1 N–H and O–H groups in total. The van der Waals surface area contributed by atoms with Gasteiger partial charge in [-0.25, -0.2) is 4.98 Å². The minimum absolute atomic E-state index is 0.0522. The number of aryl methyl sites for hydroxylation is 1. The molecule has 0 saturated carbocycles. The van der Waals surface area contributed by atoms with Crippen LogP contribution in [0.2, 0.25) is 0 Å². The number of rotatable bonds is 8. The summed E-state index contributed by atoms with van der Waals surface area (Å²) in [6, 6.07) is 18.0. The van der Waals surface area contributed by atoms with Crippen LogP contribution in [0.1, 0.15) is 17.0 Å². The number of thiazole rings is 1. The van der Waals surface area contributed by atoms with Gasteiger partial charge in [-0.05, 0) is 18.1 Å². The number of para-hydroxylation sites is 1. The number of nitrogens with zero attached hydrogens (tertiary/aromatic N) is 1. The van der Waals surface area contributed by atoms with Crippen molar-refractivity contribution in [1.82, 2.24) is 10.3 Å². The van der Waals surface area contributed by atoms with E-state index in [2.05, 4.69) is 10.3 Å². The molecule has 0 bridgehead atoms. The van der Waals surface area contributed by atoms with Gasteiger partial charge < -0.3 is 10.1 Å². The van der Waals surface area contributed by atoms with Crippen molar-refractivity contribution >= 4 is 17.2 Å². The molecular formula is C21H22N2O2S. The van der Waals surface area contributed by atoms with Gasteiger partial charge in [0, 0.05) is 30.3 Å². The number of benzene rings is 2. The molecule has 5 heteroatoms. The predicted molar refractivity (Wildman–Crippen MR) is 106 cm³/mol. The highest BCUT2D eigenvalue weighted by molar-refractivity contribution is 7.09. The van der Waals surface area contributed by atoms with Crippen molar-refractivity contribution in [1.29, 1.82) is 0 Å². The molecule has 4 nitrogen and oxygen atoms in total. The average Bonchev–Trinajstić information content (AvgIpc) is 3.16. The molecule has 1 heterocycles. The zero-order valence-corrected chi connectivity index (χ0v) is 15.6. The minimum atomic E-state index is 0.0522. The maximum absolute atomic E-state index is 12.1. The Balaban J connectivity index is 1.44. The summed E-state index contributed by atoms with van der Waals surface area (Å²) in [5, 5.41) is 6.01. The molecule has 134 valence electrons. The van der Waals surface area contributed by atoms with Crippen molar-refractivity contribution in [2.24, 2.45) is 0 Å². The second kappa shape index (κ2) is 9.15. The van der Waals surface area contributed by atoms with E-state index < -0.39 is 0 Å². The molecule has 0 radical (unpaired) electrons. The molecule has 2 aromatic carbocycles. The summed E-state index contributed by atoms with van der Waals surface area (Å²) in [4.78, 5) is 16.7. The summed E-state index contributed by atoms with van der Waals surface area (Å²) in [5.74, 6) is 0.911. The Labute approximate surface area is 157 Å². The van der Waals surface area contributed by atoms with Crippen molar-refractivity contribution < 1.29 is 9.53 Å². The van der Waals surface area contributed by atoms with E-state index in [9.17, 15) is 4.79 Å². The number of carbonyl (C=O) groups is 1. The van der Waals surface area contributed by atoms with Gasteiger partial charge in [0.2, 0.25) is 5.91 Å². The fraction of sp³-hybridized carbons (Fsp3) is 0.238. The molecule has 0 aliphatic heterocycles. The molecule has 1 aromatic heterocycles. The third kappa shape index (κ3) is 4.92. The van der Waals surface area contributed by atoms with E-state index >= 15 is 0 Å². The van der Waals surface area contributed by atoms with E-state index in [-0.39, 0.29) is 5.91 Å². The number of hydrogen-bond donors (Lipinski definition) is 1.